The molecule has 0 amide bonds. The fourth-order valence-electron chi connectivity index (χ4n) is 3.46. The molecule has 0 saturated heterocycles. The Balaban J connectivity index is 1.42. The summed E-state index contributed by atoms with van der Waals surface area (Å²) in [5.74, 6) is 0. The predicted octanol–water partition coefficient (Wildman–Crippen LogP) is 7.61. The van der Waals surface area contributed by atoms with Gasteiger partial charge in [0.1, 0.15) is 11.9 Å². The quantitative estimate of drug-likeness (QED) is 0.259. The van der Waals surface area contributed by atoms with Crippen LogP contribution in [0.3, 0.4) is 0 Å². The number of halogens is 1. The Hall–Kier alpha value is -1.06. The Morgan fingerprint density at radius 2 is 1.56 bits per heavy atom. The van der Waals surface area contributed by atoms with Crippen molar-refractivity contribution in [3.63, 3.8) is 0 Å². The van der Waals surface area contributed by atoms with Gasteiger partial charge in [-0.05, 0) is 30.4 Å². The molecular weight excluding hydrogens is 356 g/mol. The molecule has 0 atom stereocenters. The van der Waals surface area contributed by atoms with Crippen LogP contribution in [0.2, 0.25) is 5.15 Å². The molecule has 2 rings (SSSR count). The van der Waals surface area contributed by atoms with E-state index in [0.717, 1.165) is 23.9 Å². The van der Waals surface area contributed by atoms with Crippen LogP contribution in [0.25, 0.3) is 10.9 Å². The van der Waals surface area contributed by atoms with Gasteiger partial charge in [0.15, 0.2) is 0 Å². The zero-order valence-corrected chi connectivity index (χ0v) is 18.2. The maximum Gasteiger partial charge on any atom is 0.138 e. The van der Waals surface area contributed by atoms with Gasteiger partial charge >= 0.3 is 0 Å². The molecule has 2 aromatic rings. The van der Waals surface area contributed by atoms with E-state index in [0.29, 0.717) is 17.3 Å². The van der Waals surface area contributed by atoms with Crippen molar-refractivity contribution >= 4 is 22.5 Å². The second kappa shape index (κ2) is 11.7. The predicted molar refractivity (Wildman–Crippen MR) is 116 cm³/mol. The van der Waals surface area contributed by atoms with Crippen molar-refractivity contribution in [1.29, 1.82) is 0 Å². The molecule has 27 heavy (non-hydrogen) atoms. The summed E-state index contributed by atoms with van der Waals surface area (Å²) in [6.45, 7) is 8.42. The molecule has 0 bridgehead atoms. The van der Waals surface area contributed by atoms with Gasteiger partial charge in [-0.1, -0.05) is 83.7 Å². The molecule has 0 radical (unpaired) electrons. The molecule has 0 fully saturated rings. The van der Waals surface area contributed by atoms with Gasteiger partial charge in [-0.2, -0.15) is 0 Å². The molecule has 0 N–H and O–H groups in total. The summed E-state index contributed by atoms with van der Waals surface area (Å²) in [7, 11) is 0. The maximum atomic E-state index is 6.10. The molecule has 2 aromatic heterocycles. The van der Waals surface area contributed by atoms with Crippen LogP contribution in [-0.4, -0.2) is 16.2 Å². The summed E-state index contributed by atoms with van der Waals surface area (Å²) in [5.41, 5.74) is 1.58. The fraction of sp³-hybridized carbons (Fsp3) is 0.696. The Bertz CT molecular complexity index is 660. The number of rotatable bonds is 13. The zero-order valence-electron chi connectivity index (χ0n) is 17.5. The second-order valence-corrected chi connectivity index (χ2v) is 9.21. The minimum absolute atomic E-state index is 0.501. The SMILES string of the molecule is CC(C)(C)CCCCCCCCCCCOCn1ccc2c(Cl)nccc21. The number of fused-ring (bicyclic) bond motifs is 1. The molecule has 0 aliphatic heterocycles. The van der Waals surface area contributed by atoms with Gasteiger partial charge in [-0.3, -0.25) is 0 Å². The summed E-state index contributed by atoms with van der Waals surface area (Å²) in [6.07, 6.45) is 17.2. The highest BCUT2D eigenvalue weighted by molar-refractivity contribution is 6.34. The lowest BCUT2D eigenvalue weighted by Crippen LogP contribution is -2.03. The van der Waals surface area contributed by atoms with E-state index < -0.39 is 0 Å². The Kier molecular flexibility index (Phi) is 9.64. The van der Waals surface area contributed by atoms with Crippen molar-refractivity contribution < 1.29 is 4.74 Å². The molecule has 0 spiro atoms. The number of hydrogen-bond acceptors (Lipinski definition) is 2. The number of ether oxygens (including phenoxy) is 1. The minimum Gasteiger partial charge on any atom is -0.361 e. The first-order chi connectivity index (χ1) is 13.0. The van der Waals surface area contributed by atoms with Crippen LogP contribution in [0.15, 0.2) is 24.5 Å². The van der Waals surface area contributed by atoms with E-state index in [-0.39, 0.29) is 0 Å². The van der Waals surface area contributed by atoms with E-state index in [9.17, 15) is 0 Å². The van der Waals surface area contributed by atoms with Crippen molar-refractivity contribution in [3.05, 3.63) is 29.7 Å². The molecule has 2 heterocycles. The van der Waals surface area contributed by atoms with Gasteiger partial charge in [-0.15, -0.1) is 0 Å². The van der Waals surface area contributed by atoms with E-state index in [4.69, 9.17) is 16.3 Å². The minimum atomic E-state index is 0.501. The van der Waals surface area contributed by atoms with Crippen LogP contribution >= 0.6 is 11.6 Å². The molecule has 0 aliphatic rings. The monoisotopic (exact) mass is 392 g/mol. The van der Waals surface area contributed by atoms with Crippen LogP contribution in [0, 0.1) is 5.41 Å². The second-order valence-electron chi connectivity index (χ2n) is 8.85. The van der Waals surface area contributed by atoms with Gasteiger partial charge in [-0.25, -0.2) is 4.98 Å². The molecule has 0 aliphatic carbocycles. The molecule has 152 valence electrons. The third-order valence-corrected chi connectivity index (χ3v) is 5.40. The number of unbranched alkanes of at least 4 members (excludes halogenated alkanes) is 8. The third-order valence-electron chi connectivity index (χ3n) is 5.09. The van der Waals surface area contributed by atoms with Gasteiger partial charge in [0.05, 0.1) is 5.52 Å². The van der Waals surface area contributed by atoms with Crippen molar-refractivity contribution in [2.45, 2.75) is 91.7 Å². The topological polar surface area (TPSA) is 27.1 Å². The first-order valence-electron chi connectivity index (χ1n) is 10.6. The zero-order chi connectivity index (χ0) is 19.5. The summed E-state index contributed by atoms with van der Waals surface area (Å²) >= 11 is 6.10. The van der Waals surface area contributed by atoms with Crippen LogP contribution in [-0.2, 0) is 11.5 Å². The largest absolute Gasteiger partial charge is 0.361 e. The highest BCUT2D eigenvalue weighted by Crippen LogP contribution is 2.23. The molecular formula is C23H37ClN2O. The number of hydrogen-bond donors (Lipinski definition) is 0. The van der Waals surface area contributed by atoms with Gasteiger partial charge < -0.3 is 9.30 Å². The van der Waals surface area contributed by atoms with Crippen molar-refractivity contribution in [2.24, 2.45) is 5.41 Å². The van der Waals surface area contributed by atoms with E-state index in [1.807, 2.05) is 18.3 Å². The normalized spacial score (nSPS) is 12.1. The van der Waals surface area contributed by atoms with Crippen LogP contribution in [0.5, 0.6) is 0 Å². The van der Waals surface area contributed by atoms with Crippen LogP contribution in [0.1, 0.15) is 85.0 Å². The number of pyridine rings is 1. The average molecular weight is 393 g/mol. The standard InChI is InChI=1S/C23H37ClN2O/c1-23(2,3)15-11-9-7-5-4-6-8-10-12-18-27-19-26-17-14-20-21(26)13-16-25-22(20)24/h13-14,16-17H,4-12,15,18-19H2,1-3H3. The Morgan fingerprint density at radius 1 is 0.926 bits per heavy atom. The van der Waals surface area contributed by atoms with Crippen molar-refractivity contribution in [1.82, 2.24) is 9.55 Å². The lowest BCUT2D eigenvalue weighted by Gasteiger charge is -2.17. The van der Waals surface area contributed by atoms with Crippen molar-refractivity contribution in [2.75, 3.05) is 6.61 Å². The maximum absolute atomic E-state index is 6.10. The number of nitrogens with zero attached hydrogens (tertiary/aromatic N) is 2. The Morgan fingerprint density at radius 3 is 2.22 bits per heavy atom. The van der Waals surface area contributed by atoms with Crippen LogP contribution in [0.4, 0.5) is 0 Å². The van der Waals surface area contributed by atoms with Gasteiger partial charge in [0.2, 0.25) is 0 Å². The average Bonchev–Trinajstić information content (AvgIpc) is 3.02. The first kappa shape index (κ1) is 22.2. The molecule has 3 nitrogen and oxygen atoms in total. The van der Waals surface area contributed by atoms with E-state index in [2.05, 4.69) is 30.3 Å². The number of aromatic nitrogens is 2. The van der Waals surface area contributed by atoms with E-state index in [1.165, 1.54) is 57.8 Å². The summed E-state index contributed by atoms with van der Waals surface area (Å²) in [6, 6.07) is 3.98. The van der Waals surface area contributed by atoms with E-state index >= 15 is 0 Å². The van der Waals surface area contributed by atoms with Crippen LogP contribution < -0.4 is 0 Å². The summed E-state index contributed by atoms with van der Waals surface area (Å²) in [5, 5.41) is 1.54. The molecule has 0 aromatic carbocycles. The third kappa shape index (κ3) is 8.66. The summed E-state index contributed by atoms with van der Waals surface area (Å²) < 4.78 is 7.91. The summed E-state index contributed by atoms with van der Waals surface area (Å²) in [4.78, 5) is 4.11. The highest BCUT2D eigenvalue weighted by Gasteiger charge is 2.08. The lowest BCUT2D eigenvalue weighted by molar-refractivity contribution is 0.0766. The Labute approximate surface area is 170 Å². The fourth-order valence-corrected chi connectivity index (χ4v) is 3.68. The van der Waals surface area contributed by atoms with Gasteiger partial charge in [0.25, 0.3) is 0 Å². The van der Waals surface area contributed by atoms with E-state index in [1.54, 1.807) is 6.20 Å². The molecule has 0 saturated carbocycles. The molecule has 0 unspecified atom stereocenters. The highest BCUT2D eigenvalue weighted by atomic mass is 35.5. The van der Waals surface area contributed by atoms with Gasteiger partial charge in [0, 0.05) is 24.4 Å². The smallest absolute Gasteiger partial charge is 0.138 e. The lowest BCUT2D eigenvalue weighted by atomic mass is 9.89. The molecule has 4 heteroatoms. The first-order valence-corrected chi connectivity index (χ1v) is 11.0. The van der Waals surface area contributed by atoms with Crippen molar-refractivity contribution in [3.8, 4) is 0 Å².